The number of para-hydroxylation sites is 1. The number of Topliss-reactive ketones (excluding diaryl/α,β-unsaturated/α-hetero) is 2. The Kier molecular flexibility index (Phi) is 11.1. The Hall–Kier alpha value is -3.60. The molecule has 4 N–H and O–H groups in total. The summed E-state index contributed by atoms with van der Waals surface area (Å²) in [5, 5.41) is 3.46. The van der Waals surface area contributed by atoms with Gasteiger partial charge in [-0.1, -0.05) is 64.9 Å². The van der Waals surface area contributed by atoms with E-state index in [1.807, 2.05) is 27.7 Å². The standard InChI is InChI=1S/C35H43F3N4O3S/c1-5-20(3)25(32(39)46)18-30(44)34(13-10-29-27(19-34)24-8-7-9-28(31(24)41-29)35(36,37)38)42-33(45)26(21(4)6-2)17-23(43)16-22-11-14-40-15-12-22/h7-9,11-12,14-15,20-21,25-26,41H,5-6,10,13,16-19H2,1-4H3,(H2,39,46)(H,42,45)/t20?,21?,25-,26-,34+/m0/s1. The van der Waals surface area contributed by atoms with Gasteiger partial charge in [0, 0.05) is 61.0 Å². The summed E-state index contributed by atoms with van der Waals surface area (Å²) in [6, 6.07) is 7.51. The molecule has 1 aliphatic rings. The first kappa shape index (κ1) is 35.3. The number of carbonyl (C=O) groups excluding carboxylic acids is 3. The number of nitrogens with two attached hydrogens (primary N) is 1. The van der Waals surface area contributed by atoms with Gasteiger partial charge in [0.2, 0.25) is 5.91 Å². The van der Waals surface area contributed by atoms with Crippen LogP contribution >= 0.6 is 12.2 Å². The van der Waals surface area contributed by atoms with Gasteiger partial charge in [0.15, 0.2) is 5.78 Å². The van der Waals surface area contributed by atoms with Crippen molar-refractivity contribution in [3.05, 3.63) is 65.1 Å². The molecule has 248 valence electrons. The highest BCUT2D eigenvalue weighted by molar-refractivity contribution is 7.80. The van der Waals surface area contributed by atoms with Gasteiger partial charge in [0.25, 0.3) is 0 Å². The Bertz CT molecular complexity index is 1590. The zero-order valence-electron chi connectivity index (χ0n) is 26.8. The Morgan fingerprint density at radius 3 is 2.30 bits per heavy atom. The van der Waals surface area contributed by atoms with Crippen molar-refractivity contribution in [1.82, 2.24) is 15.3 Å². The molecule has 3 aromatic rings. The fraction of sp³-hybridized carbons (Fsp3) is 0.514. The molecule has 1 aliphatic carbocycles. The maximum Gasteiger partial charge on any atom is 0.418 e. The van der Waals surface area contributed by atoms with Crippen LogP contribution in [0.5, 0.6) is 0 Å². The van der Waals surface area contributed by atoms with E-state index in [2.05, 4.69) is 15.3 Å². The fourth-order valence-electron chi connectivity index (χ4n) is 6.59. The van der Waals surface area contributed by atoms with E-state index in [0.717, 1.165) is 18.1 Å². The summed E-state index contributed by atoms with van der Waals surface area (Å²) in [5.41, 5.74) is 5.84. The van der Waals surface area contributed by atoms with E-state index in [9.17, 15) is 27.6 Å². The van der Waals surface area contributed by atoms with Crippen LogP contribution in [0.3, 0.4) is 0 Å². The Morgan fingerprint density at radius 1 is 1.04 bits per heavy atom. The third-order valence-corrected chi connectivity index (χ3v) is 10.2. The van der Waals surface area contributed by atoms with Crippen LogP contribution in [0.1, 0.15) is 82.2 Å². The number of aromatic amines is 1. The lowest BCUT2D eigenvalue weighted by atomic mass is 9.72. The number of benzene rings is 1. The number of alkyl halides is 3. The topological polar surface area (TPSA) is 118 Å². The van der Waals surface area contributed by atoms with Gasteiger partial charge in [0.05, 0.1) is 16.1 Å². The van der Waals surface area contributed by atoms with E-state index in [0.29, 0.717) is 23.1 Å². The first-order chi connectivity index (χ1) is 21.7. The van der Waals surface area contributed by atoms with Crippen LogP contribution in [0.25, 0.3) is 10.9 Å². The molecule has 1 aromatic carbocycles. The number of carbonyl (C=O) groups is 3. The quantitative estimate of drug-likeness (QED) is 0.166. The number of aromatic nitrogens is 2. The summed E-state index contributed by atoms with van der Waals surface area (Å²) in [6.07, 6.45) is 0.587. The molecular formula is C35H43F3N4O3S. The van der Waals surface area contributed by atoms with Gasteiger partial charge in [-0.25, -0.2) is 0 Å². The number of hydrogen-bond acceptors (Lipinski definition) is 5. The number of aryl methyl sites for hydroxylation is 1. The van der Waals surface area contributed by atoms with Crippen molar-refractivity contribution in [1.29, 1.82) is 0 Å². The molecule has 7 nitrogen and oxygen atoms in total. The van der Waals surface area contributed by atoms with Crippen LogP contribution in [-0.2, 0) is 39.8 Å². The minimum Gasteiger partial charge on any atom is -0.393 e. The smallest absolute Gasteiger partial charge is 0.393 e. The van der Waals surface area contributed by atoms with Gasteiger partial charge in [0.1, 0.15) is 11.3 Å². The number of ketones is 2. The highest BCUT2D eigenvalue weighted by Gasteiger charge is 2.46. The van der Waals surface area contributed by atoms with Crippen LogP contribution in [0, 0.1) is 23.7 Å². The first-order valence-electron chi connectivity index (χ1n) is 16.0. The Labute approximate surface area is 273 Å². The number of amides is 1. The van der Waals surface area contributed by atoms with Crippen molar-refractivity contribution < 1.29 is 27.6 Å². The van der Waals surface area contributed by atoms with E-state index >= 15 is 0 Å². The predicted molar refractivity (Wildman–Crippen MR) is 176 cm³/mol. The molecule has 2 aromatic heterocycles. The summed E-state index contributed by atoms with van der Waals surface area (Å²) in [4.78, 5) is 49.0. The maximum absolute atomic E-state index is 14.4. The first-order valence-corrected chi connectivity index (χ1v) is 16.4. The van der Waals surface area contributed by atoms with E-state index in [4.69, 9.17) is 18.0 Å². The summed E-state index contributed by atoms with van der Waals surface area (Å²) >= 11 is 5.34. The van der Waals surface area contributed by atoms with Crippen LogP contribution in [0.15, 0.2) is 42.7 Å². The molecule has 0 saturated carbocycles. The van der Waals surface area contributed by atoms with Crippen molar-refractivity contribution >= 4 is 45.6 Å². The molecule has 11 heteroatoms. The van der Waals surface area contributed by atoms with Crippen molar-refractivity contribution in [2.75, 3.05) is 0 Å². The second-order valence-corrected chi connectivity index (χ2v) is 13.3. The third-order valence-electron chi connectivity index (χ3n) is 9.88. The molecule has 0 spiro atoms. The van der Waals surface area contributed by atoms with Gasteiger partial charge in [-0.3, -0.25) is 19.4 Å². The lowest BCUT2D eigenvalue weighted by molar-refractivity contribution is -0.137. The predicted octanol–water partition coefficient (Wildman–Crippen LogP) is 6.70. The molecular weight excluding hydrogens is 613 g/mol. The number of hydrogen-bond donors (Lipinski definition) is 3. The molecule has 0 radical (unpaired) electrons. The van der Waals surface area contributed by atoms with E-state index in [1.165, 1.54) is 6.07 Å². The number of fused-ring (bicyclic) bond motifs is 3. The average Bonchev–Trinajstić information content (AvgIpc) is 3.39. The minimum atomic E-state index is -4.57. The molecule has 2 heterocycles. The number of H-pyrrole nitrogens is 1. The highest BCUT2D eigenvalue weighted by atomic mass is 32.1. The summed E-state index contributed by atoms with van der Waals surface area (Å²) < 4.78 is 41.8. The van der Waals surface area contributed by atoms with Crippen molar-refractivity contribution in [2.45, 2.75) is 90.8 Å². The summed E-state index contributed by atoms with van der Waals surface area (Å²) in [6.45, 7) is 7.79. The number of thiocarbonyl (C=S) groups is 1. The molecule has 46 heavy (non-hydrogen) atoms. The molecule has 4 rings (SSSR count). The van der Waals surface area contributed by atoms with E-state index < -0.39 is 35.0 Å². The van der Waals surface area contributed by atoms with Crippen molar-refractivity contribution in [2.24, 2.45) is 29.4 Å². The normalized spacial score (nSPS) is 19.1. The number of nitrogens with zero attached hydrogens (tertiary/aromatic N) is 1. The zero-order valence-corrected chi connectivity index (χ0v) is 27.6. The number of nitrogens with one attached hydrogen (secondary N) is 2. The second-order valence-electron chi connectivity index (χ2n) is 12.8. The van der Waals surface area contributed by atoms with Gasteiger partial charge in [-0.05, 0) is 54.0 Å². The average molecular weight is 657 g/mol. The Morgan fingerprint density at radius 2 is 1.70 bits per heavy atom. The zero-order chi connectivity index (χ0) is 33.8. The second kappa shape index (κ2) is 14.4. The van der Waals surface area contributed by atoms with Crippen molar-refractivity contribution in [3.63, 3.8) is 0 Å². The van der Waals surface area contributed by atoms with E-state index in [1.54, 1.807) is 30.6 Å². The minimum absolute atomic E-state index is 0.00876. The monoisotopic (exact) mass is 656 g/mol. The van der Waals surface area contributed by atoms with Gasteiger partial charge < -0.3 is 16.0 Å². The van der Waals surface area contributed by atoms with Crippen LogP contribution < -0.4 is 11.1 Å². The third kappa shape index (κ3) is 7.67. The van der Waals surface area contributed by atoms with Crippen LogP contribution in [-0.4, -0.2) is 38.0 Å². The van der Waals surface area contributed by atoms with Crippen LogP contribution in [0.4, 0.5) is 13.2 Å². The molecule has 0 aliphatic heterocycles. The largest absolute Gasteiger partial charge is 0.418 e. The summed E-state index contributed by atoms with van der Waals surface area (Å²) in [5.74, 6) is -2.06. The lowest BCUT2D eigenvalue weighted by Crippen LogP contribution is -2.60. The molecule has 5 atom stereocenters. The van der Waals surface area contributed by atoms with Gasteiger partial charge >= 0.3 is 6.18 Å². The number of pyridine rings is 1. The van der Waals surface area contributed by atoms with Gasteiger partial charge in [-0.15, -0.1) is 0 Å². The molecule has 0 fully saturated rings. The maximum atomic E-state index is 14.4. The van der Waals surface area contributed by atoms with Crippen LogP contribution in [0.2, 0.25) is 0 Å². The number of rotatable bonds is 14. The SMILES string of the molecule is CCC(C)[C@H](CC(=O)Cc1ccncc1)C(=O)N[C@]1(C(=O)C[C@H](C(N)=S)C(C)CC)CCc2[nH]c3c(C(F)(F)F)cccc3c2C1. The molecule has 2 unspecified atom stereocenters. The lowest BCUT2D eigenvalue weighted by Gasteiger charge is -2.39. The molecule has 1 amide bonds. The molecule has 0 bridgehead atoms. The fourth-order valence-corrected chi connectivity index (χ4v) is 6.91. The van der Waals surface area contributed by atoms with Crippen molar-refractivity contribution in [3.8, 4) is 0 Å². The highest BCUT2D eigenvalue weighted by Crippen LogP contribution is 2.41. The number of halogens is 3. The van der Waals surface area contributed by atoms with E-state index in [-0.39, 0.29) is 72.4 Å². The Balaban J connectivity index is 1.72. The molecule has 0 saturated heterocycles. The van der Waals surface area contributed by atoms with Gasteiger partial charge in [-0.2, -0.15) is 13.2 Å². The summed E-state index contributed by atoms with van der Waals surface area (Å²) in [7, 11) is 0.